The highest BCUT2D eigenvalue weighted by Crippen LogP contribution is 2.56. The van der Waals surface area contributed by atoms with Crippen LogP contribution < -0.4 is 20.5 Å². The Labute approximate surface area is 231 Å². The minimum absolute atomic E-state index is 0.0286. The molecule has 0 aromatic heterocycles. The van der Waals surface area contributed by atoms with E-state index < -0.39 is 5.97 Å². The summed E-state index contributed by atoms with van der Waals surface area (Å²) in [5, 5.41) is 22.4. The summed E-state index contributed by atoms with van der Waals surface area (Å²) in [6.45, 7) is 0. The predicted octanol–water partition coefficient (Wildman–Crippen LogP) is 5.73. The van der Waals surface area contributed by atoms with Crippen molar-refractivity contribution in [3.05, 3.63) is 112 Å². The van der Waals surface area contributed by atoms with Crippen LogP contribution >= 0.6 is 0 Å². The van der Waals surface area contributed by atoms with Gasteiger partial charge in [0.2, 0.25) is 0 Å². The summed E-state index contributed by atoms with van der Waals surface area (Å²) in [4.78, 5) is 12.1. The van der Waals surface area contributed by atoms with E-state index >= 15 is 0 Å². The Balaban J connectivity index is 1.48. The van der Waals surface area contributed by atoms with E-state index in [0.29, 0.717) is 28.4 Å². The quantitative estimate of drug-likeness (QED) is 0.141. The van der Waals surface area contributed by atoms with Crippen molar-refractivity contribution in [3.63, 3.8) is 0 Å². The van der Waals surface area contributed by atoms with Gasteiger partial charge >= 0.3 is 5.97 Å². The van der Waals surface area contributed by atoms with Crippen molar-refractivity contribution in [1.82, 2.24) is 0 Å². The first-order chi connectivity index (χ1) is 19.4. The zero-order chi connectivity index (χ0) is 28.0. The number of ether oxygens (including phenoxy) is 3. The first-order valence-electron chi connectivity index (χ1n) is 13.0. The third-order valence-electron chi connectivity index (χ3n) is 7.84. The molecule has 8 nitrogen and oxygen atoms in total. The van der Waals surface area contributed by atoms with Gasteiger partial charge in [0, 0.05) is 28.8 Å². The van der Waals surface area contributed by atoms with Gasteiger partial charge in [-0.05, 0) is 71.5 Å². The van der Waals surface area contributed by atoms with Crippen molar-refractivity contribution >= 4 is 17.5 Å². The number of nitrogens with one attached hydrogen (secondary N) is 2. The fourth-order valence-electron chi connectivity index (χ4n) is 6.03. The average molecular weight is 536 g/mol. The second-order valence-electron chi connectivity index (χ2n) is 10.1. The van der Waals surface area contributed by atoms with E-state index in [4.69, 9.17) is 25.4 Å². The number of carbonyl (C=O) groups excluding carboxylic acids is 1. The number of hydrogen-bond donors (Lipinski definition) is 4. The van der Waals surface area contributed by atoms with E-state index in [9.17, 15) is 9.90 Å². The molecule has 0 saturated carbocycles. The molecule has 6 rings (SSSR count). The number of nitrogen functional groups attached to an aromatic ring is 1. The van der Waals surface area contributed by atoms with Crippen LogP contribution in [0, 0.1) is 11.3 Å². The second kappa shape index (κ2) is 9.96. The molecular weight excluding hydrogens is 506 g/mol. The highest BCUT2D eigenvalue weighted by atomic mass is 16.5. The molecule has 0 spiro atoms. The molecule has 0 radical (unpaired) electrons. The lowest BCUT2D eigenvalue weighted by atomic mass is 9.75. The van der Waals surface area contributed by atoms with Crippen molar-refractivity contribution in [3.8, 4) is 23.0 Å². The predicted molar refractivity (Wildman–Crippen MR) is 152 cm³/mol. The number of phenolic OH excluding ortho intramolecular Hbond substituents is 1. The molecule has 5 N–H and O–H groups in total. The Morgan fingerprint density at radius 2 is 1.75 bits per heavy atom. The molecule has 40 heavy (non-hydrogen) atoms. The minimum Gasteiger partial charge on any atom is -0.504 e. The average Bonchev–Trinajstić information content (AvgIpc) is 3.36. The third-order valence-corrected chi connectivity index (χ3v) is 7.84. The Morgan fingerprint density at radius 3 is 2.52 bits per heavy atom. The van der Waals surface area contributed by atoms with E-state index in [1.165, 1.54) is 25.3 Å². The number of amidine groups is 1. The number of fused-ring (bicyclic) bond motifs is 5. The van der Waals surface area contributed by atoms with Crippen LogP contribution in [0.25, 0.3) is 0 Å². The molecule has 4 aromatic carbocycles. The summed E-state index contributed by atoms with van der Waals surface area (Å²) in [5.41, 5.74) is 12.3. The van der Waals surface area contributed by atoms with E-state index in [-0.39, 0.29) is 29.5 Å². The zero-order valence-electron chi connectivity index (χ0n) is 22.1. The Hall–Kier alpha value is -4.98. The Morgan fingerprint density at radius 1 is 0.925 bits per heavy atom. The summed E-state index contributed by atoms with van der Waals surface area (Å²) >= 11 is 0. The number of methoxy groups -OCH3 is 2. The SMILES string of the molecule is COC(=O)c1cccc(Oc2cc(O)c(OC)cc2C2Nc3ccc(C(=N)N)cc3C3c4ccccc4CC23)c1. The molecule has 3 unspecified atom stereocenters. The van der Waals surface area contributed by atoms with Crippen LogP contribution in [-0.4, -0.2) is 31.1 Å². The lowest BCUT2D eigenvalue weighted by Gasteiger charge is -2.38. The standard InChI is InChI=1S/C32H29N3O5/c1-38-28-15-23(27(16-26(28)36)40-20-8-5-7-19(12-20)32(37)39-2)30-24-13-17-6-3-4-9-21(17)29(24)22-14-18(31(33)34)10-11-25(22)35-30/h3-12,14-16,24,29-30,35-36H,13H2,1-2H3,(H3,33,34). The van der Waals surface area contributed by atoms with E-state index in [1.54, 1.807) is 30.3 Å². The van der Waals surface area contributed by atoms with Gasteiger partial charge in [0.1, 0.15) is 17.3 Å². The number of esters is 1. The van der Waals surface area contributed by atoms with Crippen molar-refractivity contribution in [1.29, 1.82) is 5.41 Å². The minimum atomic E-state index is -0.467. The smallest absolute Gasteiger partial charge is 0.337 e. The van der Waals surface area contributed by atoms with Gasteiger partial charge in [-0.2, -0.15) is 0 Å². The van der Waals surface area contributed by atoms with E-state index in [2.05, 4.69) is 29.6 Å². The molecular formula is C32H29N3O5. The monoisotopic (exact) mass is 535 g/mol. The molecule has 0 amide bonds. The first-order valence-corrected chi connectivity index (χ1v) is 13.0. The zero-order valence-corrected chi connectivity index (χ0v) is 22.1. The van der Waals surface area contributed by atoms with Gasteiger partial charge < -0.3 is 30.4 Å². The molecule has 1 aliphatic heterocycles. The molecule has 8 heteroatoms. The Kier molecular flexibility index (Phi) is 6.30. The van der Waals surface area contributed by atoms with Gasteiger partial charge in [0.25, 0.3) is 0 Å². The molecule has 4 aromatic rings. The normalized spacial score (nSPS) is 18.5. The molecule has 0 bridgehead atoms. The molecule has 2 aliphatic rings. The van der Waals surface area contributed by atoms with Gasteiger partial charge in [-0.25, -0.2) is 4.79 Å². The lowest BCUT2D eigenvalue weighted by Crippen LogP contribution is -2.31. The number of anilines is 1. The highest BCUT2D eigenvalue weighted by molar-refractivity contribution is 5.96. The van der Waals surface area contributed by atoms with Gasteiger partial charge in [-0.1, -0.05) is 30.3 Å². The first kappa shape index (κ1) is 25.3. The molecule has 1 heterocycles. The van der Waals surface area contributed by atoms with Crippen molar-refractivity contribution < 1.29 is 24.1 Å². The van der Waals surface area contributed by atoms with Crippen molar-refractivity contribution in [2.24, 2.45) is 11.7 Å². The maximum atomic E-state index is 12.1. The maximum absolute atomic E-state index is 12.1. The van der Waals surface area contributed by atoms with Gasteiger partial charge in [0.05, 0.1) is 25.8 Å². The van der Waals surface area contributed by atoms with Gasteiger partial charge in [-0.3, -0.25) is 5.41 Å². The second-order valence-corrected chi connectivity index (χ2v) is 10.1. The summed E-state index contributed by atoms with van der Waals surface area (Å²) in [6.07, 6.45) is 0.822. The third kappa shape index (κ3) is 4.27. The summed E-state index contributed by atoms with van der Waals surface area (Å²) in [6, 6.07) is 24.1. The number of nitrogens with two attached hydrogens (primary N) is 1. The molecule has 3 atom stereocenters. The summed E-state index contributed by atoms with van der Waals surface area (Å²) in [7, 11) is 2.85. The van der Waals surface area contributed by atoms with Gasteiger partial charge in [0.15, 0.2) is 11.5 Å². The van der Waals surface area contributed by atoms with E-state index in [1.807, 2.05) is 24.3 Å². The largest absolute Gasteiger partial charge is 0.504 e. The van der Waals surface area contributed by atoms with Crippen LogP contribution in [0.1, 0.15) is 50.1 Å². The Bertz CT molecular complexity index is 1650. The molecule has 1 aliphatic carbocycles. The number of benzene rings is 4. The number of aromatic hydroxyl groups is 1. The summed E-state index contributed by atoms with van der Waals surface area (Å²) < 4.78 is 16.7. The molecule has 0 saturated heterocycles. The number of carbonyl (C=O) groups is 1. The maximum Gasteiger partial charge on any atom is 0.337 e. The van der Waals surface area contributed by atoms with Gasteiger partial charge in [-0.15, -0.1) is 0 Å². The van der Waals surface area contributed by atoms with Crippen LogP contribution in [0.15, 0.2) is 78.9 Å². The van der Waals surface area contributed by atoms with Crippen LogP contribution in [0.2, 0.25) is 0 Å². The van der Waals surface area contributed by atoms with Crippen LogP contribution in [-0.2, 0) is 11.2 Å². The van der Waals surface area contributed by atoms with Crippen molar-refractivity contribution in [2.75, 3.05) is 19.5 Å². The lowest BCUT2D eigenvalue weighted by molar-refractivity contribution is 0.0600. The van der Waals surface area contributed by atoms with Crippen LogP contribution in [0.4, 0.5) is 5.69 Å². The fourth-order valence-corrected chi connectivity index (χ4v) is 6.03. The van der Waals surface area contributed by atoms with Crippen LogP contribution in [0.3, 0.4) is 0 Å². The summed E-state index contributed by atoms with van der Waals surface area (Å²) in [5.74, 6) is 0.873. The number of phenols is 1. The highest BCUT2D eigenvalue weighted by Gasteiger charge is 2.44. The van der Waals surface area contributed by atoms with Crippen molar-refractivity contribution in [2.45, 2.75) is 18.4 Å². The van der Waals surface area contributed by atoms with Crippen LogP contribution in [0.5, 0.6) is 23.0 Å². The number of hydrogen-bond acceptors (Lipinski definition) is 7. The van der Waals surface area contributed by atoms with E-state index in [0.717, 1.165) is 23.2 Å². The molecule has 202 valence electrons. The topological polar surface area (TPSA) is 127 Å². The molecule has 0 fully saturated rings. The fraction of sp³-hybridized carbons (Fsp3) is 0.188. The number of rotatable bonds is 6.